The van der Waals surface area contributed by atoms with Crippen molar-refractivity contribution in [2.24, 2.45) is 0 Å². The van der Waals surface area contributed by atoms with E-state index in [1.54, 1.807) is 37.5 Å². The number of aryl methyl sites for hydroxylation is 1. The van der Waals surface area contributed by atoms with Crippen molar-refractivity contribution in [1.82, 2.24) is 15.2 Å². The molecule has 1 unspecified atom stereocenters. The van der Waals surface area contributed by atoms with E-state index >= 15 is 0 Å². The maximum absolute atomic E-state index is 12.8. The fourth-order valence-corrected chi connectivity index (χ4v) is 4.47. The summed E-state index contributed by atoms with van der Waals surface area (Å²) in [6.45, 7) is 7.85. The number of oxazole rings is 1. The van der Waals surface area contributed by atoms with E-state index in [9.17, 15) is 14.4 Å². The molecule has 0 saturated heterocycles. The minimum absolute atomic E-state index is 0.178. The molecule has 4 amide bonds. The van der Waals surface area contributed by atoms with Gasteiger partial charge in [0.1, 0.15) is 11.7 Å². The molecular formula is C34H39N5O6. The number of amides is 4. The van der Waals surface area contributed by atoms with E-state index in [-0.39, 0.29) is 6.54 Å². The van der Waals surface area contributed by atoms with Gasteiger partial charge in [0.05, 0.1) is 6.20 Å². The summed E-state index contributed by atoms with van der Waals surface area (Å²) in [7, 11) is 1.65. The largest absolute Gasteiger partial charge is 0.444 e. The van der Waals surface area contributed by atoms with Crippen molar-refractivity contribution in [1.29, 1.82) is 0 Å². The van der Waals surface area contributed by atoms with Crippen LogP contribution in [0.1, 0.15) is 50.0 Å². The number of ether oxygens (including phenoxy) is 2. The third-order valence-corrected chi connectivity index (χ3v) is 6.66. The Balaban J connectivity index is 1.30. The smallest absolute Gasteiger partial charge is 0.410 e. The minimum Gasteiger partial charge on any atom is -0.444 e. The SMILES string of the molecule is Cc1cc(NC(=O)Nc2cccc(CNC(=O)OC(CCN(C)C(=O)OC(C)(C)C)c3ccccc3)c2)ccc1-c1cnco1. The third kappa shape index (κ3) is 10.1. The lowest BCUT2D eigenvalue weighted by Gasteiger charge is -2.26. The van der Waals surface area contributed by atoms with E-state index in [0.717, 1.165) is 22.3 Å². The number of urea groups is 1. The van der Waals surface area contributed by atoms with Crippen LogP contribution in [0.25, 0.3) is 11.3 Å². The summed E-state index contributed by atoms with van der Waals surface area (Å²) in [6, 6.07) is 21.6. The van der Waals surface area contributed by atoms with Crippen molar-refractivity contribution in [3.05, 3.63) is 102 Å². The quantitative estimate of drug-likeness (QED) is 0.168. The van der Waals surface area contributed by atoms with Crippen LogP contribution in [0.3, 0.4) is 0 Å². The monoisotopic (exact) mass is 613 g/mol. The number of carbonyl (C=O) groups is 3. The highest BCUT2D eigenvalue weighted by Crippen LogP contribution is 2.26. The van der Waals surface area contributed by atoms with E-state index in [2.05, 4.69) is 20.9 Å². The summed E-state index contributed by atoms with van der Waals surface area (Å²) in [5.74, 6) is 0.652. The summed E-state index contributed by atoms with van der Waals surface area (Å²) in [5.41, 5.74) is 3.96. The zero-order chi connectivity index (χ0) is 32.4. The zero-order valence-electron chi connectivity index (χ0n) is 26.1. The second-order valence-corrected chi connectivity index (χ2v) is 11.5. The molecule has 3 aromatic carbocycles. The fourth-order valence-electron chi connectivity index (χ4n) is 4.47. The molecule has 0 bridgehead atoms. The van der Waals surface area contributed by atoms with Gasteiger partial charge in [0.15, 0.2) is 12.2 Å². The number of anilines is 2. The number of rotatable bonds is 10. The van der Waals surface area contributed by atoms with Gasteiger partial charge in [0, 0.05) is 43.5 Å². The van der Waals surface area contributed by atoms with Gasteiger partial charge in [-0.3, -0.25) is 0 Å². The third-order valence-electron chi connectivity index (χ3n) is 6.66. The summed E-state index contributed by atoms with van der Waals surface area (Å²) >= 11 is 0. The number of nitrogens with one attached hydrogen (secondary N) is 3. The Morgan fingerprint density at radius 1 is 0.956 bits per heavy atom. The molecule has 236 valence electrons. The highest BCUT2D eigenvalue weighted by molar-refractivity contribution is 6.00. The fraction of sp³-hybridized carbons (Fsp3) is 0.294. The van der Waals surface area contributed by atoms with Crippen LogP contribution in [0.4, 0.5) is 25.8 Å². The summed E-state index contributed by atoms with van der Waals surface area (Å²) < 4.78 is 16.6. The Morgan fingerprint density at radius 2 is 1.69 bits per heavy atom. The van der Waals surface area contributed by atoms with Crippen LogP contribution in [-0.2, 0) is 16.0 Å². The number of alkyl carbamates (subject to hydrolysis) is 1. The standard InChI is InChI=1S/C34H39N5O6/c1-23-18-27(14-15-28(23)30-21-35-22-43-30)38-31(40)37-26-13-9-10-24(19-26)20-36-32(41)44-29(25-11-7-6-8-12-25)16-17-39(5)33(42)45-34(2,3)4/h6-15,18-19,21-22,29H,16-17,20H2,1-5H3,(H,36,41)(H2,37,38,40). The lowest BCUT2D eigenvalue weighted by atomic mass is 10.1. The van der Waals surface area contributed by atoms with Gasteiger partial charge in [0.2, 0.25) is 0 Å². The lowest BCUT2D eigenvalue weighted by molar-refractivity contribution is 0.0263. The number of nitrogens with zero attached hydrogens (tertiary/aromatic N) is 2. The Labute approximate surface area is 262 Å². The van der Waals surface area contributed by atoms with Crippen LogP contribution in [-0.4, -0.2) is 47.3 Å². The molecule has 11 nitrogen and oxygen atoms in total. The van der Waals surface area contributed by atoms with Gasteiger partial charge in [-0.05, 0) is 74.7 Å². The van der Waals surface area contributed by atoms with Crippen LogP contribution >= 0.6 is 0 Å². The summed E-state index contributed by atoms with van der Waals surface area (Å²) in [4.78, 5) is 43.3. The molecule has 0 radical (unpaired) electrons. The number of hydrogen-bond acceptors (Lipinski definition) is 7. The molecule has 0 spiro atoms. The first-order valence-electron chi connectivity index (χ1n) is 14.6. The second kappa shape index (κ2) is 14.9. The second-order valence-electron chi connectivity index (χ2n) is 11.5. The van der Waals surface area contributed by atoms with Crippen molar-refractivity contribution in [3.63, 3.8) is 0 Å². The Hall–Kier alpha value is -5.32. The van der Waals surface area contributed by atoms with E-state index in [1.165, 1.54) is 11.3 Å². The molecule has 3 N–H and O–H groups in total. The molecule has 1 aromatic heterocycles. The van der Waals surface area contributed by atoms with E-state index in [0.29, 0.717) is 30.1 Å². The van der Waals surface area contributed by atoms with Crippen LogP contribution in [0, 0.1) is 6.92 Å². The van der Waals surface area contributed by atoms with Crippen molar-refractivity contribution < 1.29 is 28.3 Å². The first-order chi connectivity index (χ1) is 21.5. The molecule has 0 aliphatic heterocycles. The van der Waals surface area contributed by atoms with E-state index in [4.69, 9.17) is 13.9 Å². The molecule has 0 aliphatic rings. The van der Waals surface area contributed by atoms with Crippen LogP contribution < -0.4 is 16.0 Å². The zero-order valence-corrected chi connectivity index (χ0v) is 26.1. The van der Waals surface area contributed by atoms with Crippen molar-refractivity contribution >= 4 is 29.6 Å². The summed E-state index contributed by atoms with van der Waals surface area (Å²) in [5, 5.41) is 8.43. The number of hydrogen-bond donors (Lipinski definition) is 3. The van der Waals surface area contributed by atoms with Crippen molar-refractivity contribution in [2.45, 2.75) is 52.4 Å². The van der Waals surface area contributed by atoms with Gasteiger partial charge in [-0.2, -0.15) is 0 Å². The molecule has 4 aromatic rings. The average molecular weight is 614 g/mol. The van der Waals surface area contributed by atoms with E-state index < -0.39 is 29.9 Å². The highest BCUT2D eigenvalue weighted by atomic mass is 16.6. The maximum atomic E-state index is 12.8. The van der Waals surface area contributed by atoms with Crippen molar-refractivity contribution in [2.75, 3.05) is 24.2 Å². The highest BCUT2D eigenvalue weighted by Gasteiger charge is 2.22. The topological polar surface area (TPSA) is 135 Å². The first-order valence-corrected chi connectivity index (χ1v) is 14.6. The Kier molecular flexibility index (Phi) is 10.8. The van der Waals surface area contributed by atoms with Gasteiger partial charge in [0.25, 0.3) is 0 Å². The predicted octanol–water partition coefficient (Wildman–Crippen LogP) is 7.52. The molecule has 0 saturated carbocycles. The van der Waals surface area contributed by atoms with Crippen LogP contribution in [0.5, 0.6) is 0 Å². The maximum Gasteiger partial charge on any atom is 0.410 e. The average Bonchev–Trinajstić information content (AvgIpc) is 3.52. The predicted molar refractivity (Wildman–Crippen MR) is 172 cm³/mol. The molecule has 1 heterocycles. The molecule has 45 heavy (non-hydrogen) atoms. The van der Waals surface area contributed by atoms with Gasteiger partial charge >= 0.3 is 18.2 Å². The van der Waals surface area contributed by atoms with E-state index in [1.807, 2.05) is 76.2 Å². The van der Waals surface area contributed by atoms with Gasteiger partial charge in [-0.15, -0.1) is 0 Å². The van der Waals surface area contributed by atoms with Crippen LogP contribution in [0.15, 0.2) is 89.8 Å². The summed E-state index contributed by atoms with van der Waals surface area (Å²) in [6.07, 6.45) is 1.75. The first kappa shape index (κ1) is 32.6. The molecule has 0 aliphatic carbocycles. The number of aromatic nitrogens is 1. The normalized spacial score (nSPS) is 11.7. The molecule has 1 atom stereocenters. The number of benzene rings is 3. The minimum atomic E-state index is -0.609. The molecular weight excluding hydrogens is 574 g/mol. The van der Waals surface area contributed by atoms with Gasteiger partial charge < -0.3 is 34.7 Å². The Bertz CT molecular complexity index is 1580. The number of carbonyl (C=O) groups excluding carboxylic acids is 3. The van der Waals surface area contributed by atoms with Gasteiger partial charge in [-0.25, -0.2) is 19.4 Å². The lowest BCUT2D eigenvalue weighted by Crippen LogP contribution is -2.35. The molecule has 11 heteroatoms. The molecule has 4 rings (SSSR count). The van der Waals surface area contributed by atoms with Crippen LogP contribution in [0.2, 0.25) is 0 Å². The Morgan fingerprint density at radius 3 is 2.36 bits per heavy atom. The van der Waals surface area contributed by atoms with Gasteiger partial charge in [-0.1, -0.05) is 42.5 Å². The molecule has 0 fully saturated rings. The van der Waals surface area contributed by atoms with Crippen molar-refractivity contribution in [3.8, 4) is 11.3 Å².